The van der Waals surface area contributed by atoms with Crippen molar-refractivity contribution in [3.05, 3.63) is 29.8 Å². The number of anilines is 1. The van der Waals surface area contributed by atoms with Gasteiger partial charge in [0.15, 0.2) is 0 Å². The minimum atomic E-state index is -0.226. The van der Waals surface area contributed by atoms with Crippen molar-refractivity contribution in [3.63, 3.8) is 0 Å². The van der Waals surface area contributed by atoms with Crippen LogP contribution in [-0.4, -0.2) is 29.8 Å². The van der Waals surface area contributed by atoms with E-state index in [1.807, 2.05) is 29.2 Å². The third kappa shape index (κ3) is 5.08. The van der Waals surface area contributed by atoms with Gasteiger partial charge in [-0.1, -0.05) is 51.8 Å². The van der Waals surface area contributed by atoms with Crippen molar-refractivity contribution in [2.75, 3.05) is 18.4 Å². The quantitative estimate of drug-likeness (QED) is 0.864. The monoisotopic (exact) mass is 316 g/mol. The number of carbonyl (C=O) groups excluding carboxylic acids is 2. The van der Waals surface area contributed by atoms with E-state index in [9.17, 15) is 9.59 Å². The number of nitrogens with zero attached hydrogens (tertiary/aromatic N) is 1. The van der Waals surface area contributed by atoms with Gasteiger partial charge in [0.05, 0.1) is 0 Å². The maximum atomic E-state index is 12.3. The normalized spacial score (nSPS) is 15.9. The zero-order valence-corrected chi connectivity index (χ0v) is 14.5. The third-order valence-electron chi connectivity index (χ3n) is 4.28. The minimum absolute atomic E-state index is 0.0569. The van der Waals surface area contributed by atoms with Gasteiger partial charge in [0.2, 0.25) is 11.8 Å². The van der Waals surface area contributed by atoms with E-state index in [4.69, 9.17) is 0 Å². The molecule has 0 aromatic heterocycles. The van der Waals surface area contributed by atoms with Crippen molar-refractivity contribution < 1.29 is 9.59 Å². The van der Waals surface area contributed by atoms with E-state index in [1.165, 1.54) is 12.8 Å². The molecule has 0 bridgehead atoms. The lowest BCUT2D eigenvalue weighted by Gasteiger charge is -2.23. The van der Waals surface area contributed by atoms with Crippen LogP contribution in [0, 0.1) is 0 Å². The van der Waals surface area contributed by atoms with Crippen LogP contribution in [0.3, 0.4) is 0 Å². The first kappa shape index (κ1) is 17.5. The first-order valence-corrected chi connectivity index (χ1v) is 8.55. The summed E-state index contributed by atoms with van der Waals surface area (Å²) in [5, 5.41) is 2.92. The Kier molecular flexibility index (Phi) is 5.80. The topological polar surface area (TPSA) is 49.4 Å². The number of nitrogens with one attached hydrogen (secondary N) is 1. The zero-order chi connectivity index (χ0) is 16.9. The highest BCUT2D eigenvalue weighted by Crippen LogP contribution is 2.29. The van der Waals surface area contributed by atoms with Crippen LogP contribution in [0.5, 0.6) is 0 Å². The molecule has 1 aromatic carbocycles. The SMILES string of the molecule is CC(C)(C)c1ccccc1NC(=O)CC(=O)N1CCCCCC1. The number of para-hydroxylation sites is 1. The van der Waals surface area contributed by atoms with Gasteiger partial charge < -0.3 is 10.2 Å². The van der Waals surface area contributed by atoms with Crippen molar-refractivity contribution in [3.8, 4) is 0 Å². The maximum absolute atomic E-state index is 12.3. The van der Waals surface area contributed by atoms with E-state index in [0.29, 0.717) is 0 Å². The van der Waals surface area contributed by atoms with Gasteiger partial charge in [0.1, 0.15) is 6.42 Å². The smallest absolute Gasteiger partial charge is 0.233 e. The highest BCUT2D eigenvalue weighted by atomic mass is 16.2. The molecule has 1 aliphatic rings. The Labute approximate surface area is 139 Å². The fourth-order valence-corrected chi connectivity index (χ4v) is 3.01. The molecule has 126 valence electrons. The van der Waals surface area contributed by atoms with Crippen LogP contribution in [0.4, 0.5) is 5.69 Å². The molecule has 1 aromatic rings. The van der Waals surface area contributed by atoms with Gasteiger partial charge in [-0.25, -0.2) is 0 Å². The summed E-state index contributed by atoms with van der Waals surface area (Å²) in [4.78, 5) is 26.4. The lowest BCUT2D eigenvalue weighted by atomic mass is 9.86. The molecule has 1 N–H and O–H groups in total. The van der Waals surface area contributed by atoms with Crippen LogP contribution in [0.25, 0.3) is 0 Å². The van der Waals surface area contributed by atoms with Crippen molar-refractivity contribution in [2.45, 2.75) is 58.3 Å². The molecule has 1 saturated heterocycles. The standard InChI is InChI=1S/C19H28N2O2/c1-19(2,3)15-10-6-7-11-16(15)20-17(22)14-18(23)21-12-8-4-5-9-13-21/h6-7,10-11H,4-5,8-9,12-14H2,1-3H3,(H,20,22). The van der Waals surface area contributed by atoms with Crippen molar-refractivity contribution >= 4 is 17.5 Å². The summed E-state index contributed by atoms with van der Waals surface area (Å²) in [7, 11) is 0. The van der Waals surface area contributed by atoms with Crippen LogP contribution in [-0.2, 0) is 15.0 Å². The van der Waals surface area contributed by atoms with E-state index in [0.717, 1.165) is 37.2 Å². The van der Waals surface area contributed by atoms with E-state index >= 15 is 0 Å². The second-order valence-electron chi connectivity index (χ2n) is 7.32. The number of hydrogen-bond donors (Lipinski definition) is 1. The van der Waals surface area contributed by atoms with Gasteiger partial charge in [-0.3, -0.25) is 9.59 Å². The molecule has 1 heterocycles. The van der Waals surface area contributed by atoms with Gasteiger partial charge in [-0.2, -0.15) is 0 Å². The van der Waals surface area contributed by atoms with Gasteiger partial charge in [0, 0.05) is 18.8 Å². The van der Waals surface area contributed by atoms with Gasteiger partial charge in [-0.15, -0.1) is 0 Å². The fourth-order valence-electron chi connectivity index (χ4n) is 3.01. The molecule has 2 rings (SSSR count). The summed E-state index contributed by atoms with van der Waals surface area (Å²) in [5.41, 5.74) is 1.82. The lowest BCUT2D eigenvalue weighted by Crippen LogP contribution is -2.34. The van der Waals surface area contributed by atoms with Gasteiger partial charge in [-0.05, 0) is 29.9 Å². The Morgan fingerprint density at radius 2 is 1.65 bits per heavy atom. The lowest BCUT2D eigenvalue weighted by molar-refractivity contribution is -0.134. The molecule has 0 unspecified atom stereocenters. The summed E-state index contributed by atoms with van der Waals surface area (Å²) in [6.45, 7) is 7.90. The van der Waals surface area contributed by atoms with Crippen LogP contribution in [0.2, 0.25) is 0 Å². The maximum Gasteiger partial charge on any atom is 0.233 e. The molecule has 23 heavy (non-hydrogen) atoms. The van der Waals surface area contributed by atoms with Crippen LogP contribution >= 0.6 is 0 Å². The fraction of sp³-hybridized carbons (Fsp3) is 0.579. The van der Waals surface area contributed by atoms with Crippen LogP contribution in [0.1, 0.15) is 58.4 Å². The number of likely N-dealkylation sites (tertiary alicyclic amines) is 1. The summed E-state index contributed by atoms with van der Waals surface area (Å²) in [6, 6.07) is 7.79. The van der Waals surface area contributed by atoms with Crippen LogP contribution < -0.4 is 5.32 Å². The second kappa shape index (κ2) is 7.62. The Hall–Kier alpha value is -1.84. The third-order valence-corrected chi connectivity index (χ3v) is 4.28. The summed E-state index contributed by atoms with van der Waals surface area (Å²) < 4.78 is 0. The number of amides is 2. The Bertz CT molecular complexity index is 553. The van der Waals surface area contributed by atoms with Crippen LogP contribution in [0.15, 0.2) is 24.3 Å². The number of benzene rings is 1. The Morgan fingerprint density at radius 3 is 2.26 bits per heavy atom. The first-order chi connectivity index (χ1) is 10.9. The molecule has 1 aliphatic heterocycles. The average Bonchev–Trinajstić information content (AvgIpc) is 2.75. The average molecular weight is 316 g/mol. The number of hydrogen-bond acceptors (Lipinski definition) is 2. The molecule has 2 amide bonds. The Morgan fingerprint density at radius 1 is 1.04 bits per heavy atom. The second-order valence-corrected chi connectivity index (χ2v) is 7.32. The molecule has 0 atom stereocenters. The van der Waals surface area contributed by atoms with E-state index in [1.54, 1.807) is 0 Å². The summed E-state index contributed by atoms with van der Waals surface area (Å²) in [6.07, 6.45) is 4.36. The Balaban J connectivity index is 1.98. The molecule has 4 heteroatoms. The largest absolute Gasteiger partial charge is 0.342 e. The predicted octanol–water partition coefficient (Wildman–Crippen LogP) is 3.72. The zero-order valence-electron chi connectivity index (χ0n) is 14.5. The summed E-state index contributed by atoms with van der Waals surface area (Å²) in [5.74, 6) is -0.284. The molecule has 0 aliphatic carbocycles. The van der Waals surface area contributed by atoms with Gasteiger partial charge >= 0.3 is 0 Å². The highest BCUT2D eigenvalue weighted by molar-refractivity contribution is 6.03. The summed E-state index contributed by atoms with van der Waals surface area (Å²) >= 11 is 0. The molecule has 0 radical (unpaired) electrons. The molecule has 1 fully saturated rings. The number of carbonyl (C=O) groups is 2. The number of rotatable bonds is 3. The molecule has 4 nitrogen and oxygen atoms in total. The van der Waals surface area contributed by atoms with E-state index in [-0.39, 0.29) is 23.7 Å². The van der Waals surface area contributed by atoms with Crippen molar-refractivity contribution in [1.29, 1.82) is 0 Å². The van der Waals surface area contributed by atoms with Crippen molar-refractivity contribution in [2.24, 2.45) is 0 Å². The van der Waals surface area contributed by atoms with Crippen molar-refractivity contribution in [1.82, 2.24) is 4.90 Å². The first-order valence-electron chi connectivity index (χ1n) is 8.55. The minimum Gasteiger partial charge on any atom is -0.342 e. The molecule has 0 spiro atoms. The molecular weight excluding hydrogens is 288 g/mol. The van der Waals surface area contributed by atoms with E-state index in [2.05, 4.69) is 26.1 Å². The predicted molar refractivity (Wildman–Crippen MR) is 93.4 cm³/mol. The molecular formula is C19H28N2O2. The molecule has 0 saturated carbocycles. The van der Waals surface area contributed by atoms with Gasteiger partial charge in [0.25, 0.3) is 0 Å². The highest BCUT2D eigenvalue weighted by Gasteiger charge is 2.21. The van der Waals surface area contributed by atoms with E-state index < -0.39 is 0 Å².